The summed E-state index contributed by atoms with van der Waals surface area (Å²) in [4.78, 5) is 38.6. The Labute approximate surface area is 168 Å². The standard InChI is InChI=1S/C20H26N4O3S/c1-13-14(2)28-20(27)24(13)12-9-18(25)22-16-3-5-17(6-4-16)23-10-7-15(8-11-23)19(21)26/h3-6,15H,7-12H2,1-2H3,(H2,21,26)(H,22,25). The fraction of sp³-hybridized carbons (Fsp3) is 0.450. The molecule has 150 valence electrons. The van der Waals surface area contributed by atoms with Gasteiger partial charge in [0.2, 0.25) is 11.8 Å². The van der Waals surface area contributed by atoms with Crippen molar-refractivity contribution in [3.05, 3.63) is 44.5 Å². The summed E-state index contributed by atoms with van der Waals surface area (Å²) in [6, 6.07) is 7.69. The minimum absolute atomic E-state index is 0.0211. The van der Waals surface area contributed by atoms with Crippen LogP contribution >= 0.6 is 11.3 Å². The molecule has 0 saturated carbocycles. The molecule has 0 aliphatic carbocycles. The molecule has 0 radical (unpaired) electrons. The van der Waals surface area contributed by atoms with Crippen LogP contribution in [0.5, 0.6) is 0 Å². The molecule has 0 unspecified atom stereocenters. The zero-order chi connectivity index (χ0) is 20.3. The first-order valence-electron chi connectivity index (χ1n) is 9.46. The summed E-state index contributed by atoms with van der Waals surface area (Å²) in [6.07, 6.45) is 1.79. The van der Waals surface area contributed by atoms with Gasteiger partial charge in [0.25, 0.3) is 0 Å². The van der Waals surface area contributed by atoms with Crippen LogP contribution in [0.4, 0.5) is 11.4 Å². The maximum absolute atomic E-state index is 12.2. The molecule has 3 N–H and O–H groups in total. The Hall–Kier alpha value is -2.61. The lowest BCUT2D eigenvalue weighted by Gasteiger charge is -2.32. The summed E-state index contributed by atoms with van der Waals surface area (Å²) in [5.74, 6) is -0.365. The Morgan fingerprint density at radius 1 is 1.18 bits per heavy atom. The Morgan fingerprint density at radius 3 is 2.36 bits per heavy atom. The third-order valence-corrected chi connectivity index (χ3v) is 6.35. The average Bonchev–Trinajstić information content (AvgIpc) is 2.92. The topological polar surface area (TPSA) is 97.4 Å². The van der Waals surface area contributed by atoms with Crippen molar-refractivity contribution in [1.29, 1.82) is 0 Å². The van der Waals surface area contributed by atoms with Gasteiger partial charge in [-0.15, -0.1) is 0 Å². The lowest BCUT2D eigenvalue weighted by molar-refractivity contribution is -0.122. The monoisotopic (exact) mass is 402 g/mol. The molecular formula is C20H26N4O3S. The number of hydrogen-bond acceptors (Lipinski definition) is 5. The van der Waals surface area contributed by atoms with Gasteiger partial charge in [0.15, 0.2) is 0 Å². The number of thiazole rings is 1. The van der Waals surface area contributed by atoms with Crippen LogP contribution in [0.15, 0.2) is 29.1 Å². The molecule has 7 nitrogen and oxygen atoms in total. The lowest BCUT2D eigenvalue weighted by Crippen LogP contribution is -2.38. The van der Waals surface area contributed by atoms with E-state index in [0.29, 0.717) is 6.54 Å². The van der Waals surface area contributed by atoms with Crippen LogP contribution in [0, 0.1) is 19.8 Å². The molecule has 1 aliphatic heterocycles. The van der Waals surface area contributed by atoms with Gasteiger partial charge in [-0.1, -0.05) is 11.3 Å². The number of piperidine rings is 1. The summed E-state index contributed by atoms with van der Waals surface area (Å²) in [5.41, 5.74) is 8.10. The van der Waals surface area contributed by atoms with Crippen LogP contribution in [0.25, 0.3) is 0 Å². The summed E-state index contributed by atoms with van der Waals surface area (Å²) in [5, 5.41) is 2.88. The molecule has 8 heteroatoms. The zero-order valence-corrected chi connectivity index (χ0v) is 17.1. The number of carbonyl (C=O) groups is 2. The number of nitrogens with one attached hydrogen (secondary N) is 1. The number of nitrogens with zero attached hydrogens (tertiary/aromatic N) is 2. The van der Waals surface area contributed by atoms with E-state index in [0.717, 1.165) is 47.9 Å². The second-order valence-electron chi connectivity index (χ2n) is 7.17. The maximum Gasteiger partial charge on any atom is 0.307 e. The highest BCUT2D eigenvalue weighted by Gasteiger charge is 2.23. The Balaban J connectivity index is 1.52. The molecular weight excluding hydrogens is 376 g/mol. The summed E-state index contributed by atoms with van der Waals surface area (Å²) < 4.78 is 1.65. The van der Waals surface area contributed by atoms with E-state index in [4.69, 9.17) is 5.73 Å². The van der Waals surface area contributed by atoms with E-state index >= 15 is 0 Å². The molecule has 2 aromatic rings. The van der Waals surface area contributed by atoms with Crippen molar-refractivity contribution in [3.8, 4) is 0 Å². The van der Waals surface area contributed by atoms with Gasteiger partial charge in [0.1, 0.15) is 0 Å². The van der Waals surface area contributed by atoms with Gasteiger partial charge in [-0.05, 0) is 51.0 Å². The Morgan fingerprint density at radius 2 is 1.82 bits per heavy atom. The quantitative estimate of drug-likeness (QED) is 0.774. The molecule has 0 bridgehead atoms. The van der Waals surface area contributed by atoms with E-state index in [1.54, 1.807) is 4.57 Å². The fourth-order valence-corrected chi connectivity index (χ4v) is 4.32. The fourth-order valence-electron chi connectivity index (χ4n) is 3.46. The predicted molar refractivity (Wildman–Crippen MR) is 112 cm³/mol. The van der Waals surface area contributed by atoms with Crippen LogP contribution < -0.4 is 20.8 Å². The lowest BCUT2D eigenvalue weighted by atomic mass is 9.96. The molecule has 0 spiro atoms. The van der Waals surface area contributed by atoms with Crippen LogP contribution in [-0.4, -0.2) is 29.5 Å². The molecule has 0 atom stereocenters. The largest absolute Gasteiger partial charge is 0.371 e. The van der Waals surface area contributed by atoms with E-state index in [1.165, 1.54) is 11.3 Å². The Kier molecular flexibility index (Phi) is 6.18. The van der Waals surface area contributed by atoms with Crippen LogP contribution in [0.2, 0.25) is 0 Å². The van der Waals surface area contributed by atoms with Gasteiger partial charge in [0.05, 0.1) is 0 Å². The summed E-state index contributed by atoms with van der Waals surface area (Å²) in [6.45, 7) is 5.79. The van der Waals surface area contributed by atoms with Gasteiger partial charge < -0.3 is 20.5 Å². The number of benzene rings is 1. The first-order valence-corrected chi connectivity index (χ1v) is 10.3. The number of carbonyl (C=O) groups excluding carboxylic acids is 2. The molecule has 1 saturated heterocycles. The Bertz CT molecular complexity index is 909. The molecule has 2 amide bonds. The highest BCUT2D eigenvalue weighted by atomic mass is 32.1. The van der Waals surface area contributed by atoms with Crippen molar-refractivity contribution in [2.45, 2.75) is 39.7 Å². The van der Waals surface area contributed by atoms with E-state index in [-0.39, 0.29) is 29.0 Å². The van der Waals surface area contributed by atoms with Crippen molar-refractivity contribution < 1.29 is 9.59 Å². The number of aromatic nitrogens is 1. The minimum Gasteiger partial charge on any atom is -0.371 e. The van der Waals surface area contributed by atoms with Gasteiger partial charge in [0, 0.05) is 53.9 Å². The number of aryl methyl sites for hydroxylation is 1. The van der Waals surface area contributed by atoms with Crippen molar-refractivity contribution >= 4 is 34.5 Å². The van der Waals surface area contributed by atoms with Gasteiger partial charge in [-0.25, -0.2) is 0 Å². The third kappa shape index (κ3) is 4.62. The van der Waals surface area contributed by atoms with Crippen LogP contribution in [0.3, 0.4) is 0 Å². The summed E-state index contributed by atoms with van der Waals surface area (Å²) >= 11 is 1.21. The molecule has 1 aromatic carbocycles. The van der Waals surface area contributed by atoms with Crippen molar-refractivity contribution in [2.75, 3.05) is 23.3 Å². The number of rotatable bonds is 6. The highest BCUT2D eigenvalue weighted by molar-refractivity contribution is 7.09. The van der Waals surface area contributed by atoms with Crippen molar-refractivity contribution in [1.82, 2.24) is 4.57 Å². The maximum atomic E-state index is 12.2. The number of amides is 2. The third-order valence-electron chi connectivity index (χ3n) is 5.35. The van der Waals surface area contributed by atoms with Crippen LogP contribution in [0.1, 0.15) is 29.8 Å². The molecule has 1 fully saturated rings. The number of anilines is 2. The molecule has 2 heterocycles. The number of primary amides is 1. The van der Waals surface area contributed by atoms with E-state index in [2.05, 4.69) is 10.2 Å². The first-order chi connectivity index (χ1) is 13.3. The van der Waals surface area contributed by atoms with E-state index in [1.807, 2.05) is 38.1 Å². The molecule has 1 aliphatic rings. The highest BCUT2D eigenvalue weighted by Crippen LogP contribution is 2.24. The molecule has 28 heavy (non-hydrogen) atoms. The normalized spacial score (nSPS) is 14.9. The van der Waals surface area contributed by atoms with Crippen molar-refractivity contribution in [2.24, 2.45) is 11.7 Å². The zero-order valence-electron chi connectivity index (χ0n) is 16.2. The second-order valence-corrected chi connectivity index (χ2v) is 8.34. The smallest absolute Gasteiger partial charge is 0.307 e. The first kappa shape index (κ1) is 20.1. The van der Waals surface area contributed by atoms with Crippen LogP contribution in [-0.2, 0) is 16.1 Å². The number of hydrogen-bond donors (Lipinski definition) is 2. The van der Waals surface area contributed by atoms with Gasteiger partial charge in [-0.2, -0.15) is 0 Å². The van der Waals surface area contributed by atoms with Gasteiger partial charge in [-0.3, -0.25) is 14.4 Å². The summed E-state index contributed by atoms with van der Waals surface area (Å²) in [7, 11) is 0. The minimum atomic E-state index is -0.215. The van der Waals surface area contributed by atoms with Crippen molar-refractivity contribution in [3.63, 3.8) is 0 Å². The number of nitrogens with two attached hydrogens (primary N) is 1. The molecule has 3 rings (SSSR count). The SMILES string of the molecule is Cc1sc(=O)n(CCC(=O)Nc2ccc(N3CCC(C(N)=O)CC3)cc2)c1C. The second kappa shape index (κ2) is 8.60. The van der Waals surface area contributed by atoms with E-state index < -0.39 is 0 Å². The average molecular weight is 403 g/mol. The molecule has 1 aromatic heterocycles. The predicted octanol–water partition coefficient (Wildman–Crippen LogP) is 2.26. The van der Waals surface area contributed by atoms with E-state index in [9.17, 15) is 14.4 Å². The van der Waals surface area contributed by atoms with Gasteiger partial charge >= 0.3 is 4.87 Å².